The van der Waals surface area contributed by atoms with Gasteiger partial charge < -0.3 is 5.32 Å². The van der Waals surface area contributed by atoms with Crippen molar-refractivity contribution in [3.05, 3.63) is 29.0 Å². The second-order valence-corrected chi connectivity index (χ2v) is 7.03. The van der Waals surface area contributed by atoms with Crippen LogP contribution in [0.25, 0.3) is 0 Å². The fraction of sp³-hybridized carbons (Fsp3) is 0.500. The summed E-state index contributed by atoms with van der Waals surface area (Å²) in [6, 6.07) is 3.47. The van der Waals surface area contributed by atoms with Crippen LogP contribution in [0.15, 0.2) is 23.1 Å². The van der Waals surface area contributed by atoms with E-state index in [0.29, 0.717) is 5.92 Å². The number of rotatable bonds is 5. The van der Waals surface area contributed by atoms with Crippen LogP contribution in [0.1, 0.15) is 12.8 Å². The molecule has 0 spiro atoms. The molecule has 1 saturated carbocycles. The van der Waals surface area contributed by atoms with Gasteiger partial charge in [0, 0.05) is 6.04 Å². The van der Waals surface area contributed by atoms with Gasteiger partial charge in [-0.1, -0.05) is 11.6 Å². The molecule has 100 valence electrons. The molecule has 1 fully saturated rings. The SMILES string of the molecule is CNC(CS(=O)(=O)c1ccc(F)c(Cl)c1)C1CC1. The van der Waals surface area contributed by atoms with Crippen LogP contribution in [0.4, 0.5) is 4.39 Å². The van der Waals surface area contributed by atoms with Crippen LogP contribution < -0.4 is 5.32 Å². The lowest BCUT2D eigenvalue weighted by atomic mass is 10.2. The van der Waals surface area contributed by atoms with Gasteiger partial charge in [-0.05, 0) is 44.0 Å². The van der Waals surface area contributed by atoms with Crippen LogP contribution in [-0.4, -0.2) is 27.3 Å². The molecule has 0 amide bonds. The van der Waals surface area contributed by atoms with Crippen LogP contribution in [0, 0.1) is 11.7 Å². The zero-order valence-corrected chi connectivity index (χ0v) is 11.6. The van der Waals surface area contributed by atoms with Crippen molar-refractivity contribution in [3.8, 4) is 0 Å². The molecule has 2 rings (SSSR count). The Labute approximate surface area is 111 Å². The minimum absolute atomic E-state index is 0.0239. The Morgan fingerprint density at radius 1 is 1.50 bits per heavy atom. The van der Waals surface area contributed by atoms with Crippen molar-refractivity contribution < 1.29 is 12.8 Å². The predicted octanol–water partition coefficient (Wildman–Crippen LogP) is 2.25. The van der Waals surface area contributed by atoms with E-state index in [0.717, 1.165) is 18.9 Å². The van der Waals surface area contributed by atoms with Crippen molar-refractivity contribution in [2.75, 3.05) is 12.8 Å². The van der Waals surface area contributed by atoms with Crippen molar-refractivity contribution in [2.45, 2.75) is 23.8 Å². The molecule has 1 atom stereocenters. The summed E-state index contributed by atoms with van der Waals surface area (Å²) in [6.45, 7) is 0. The van der Waals surface area contributed by atoms with Gasteiger partial charge in [-0.15, -0.1) is 0 Å². The van der Waals surface area contributed by atoms with Gasteiger partial charge in [0.15, 0.2) is 9.84 Å². The smallest absolute Gasteiger partial charge is 0.179 e. The normalized spacial score (nSPS) is 17.7. The summed E-state index contributed by atoms with van der Waals surface area (Å²) in [5, 5.41) is 2.87. The van der Waals surface area contributed by atoms with E-state index < -0.39 is 15.7 Å². The van der Waals surface area contributed by atoms with E-state index in [2.05, 4.69) is 5.32 Å². The molecule has 18 heavy (non-hydrogen) atoms. The van der Waals surface area contributed by atoms with Gasteiger partial charge in [-0.2, -0.15) is 0 Å². The van der Waals surface area contributed by atoms with Crippen molar-refractivity contribution in [1.82, 2.24) is 5.32 Å². The minimum atomic E-state index is -3.43. The van der Waals surface area contributed by atoms with Crippen molar-refractivity contribution >= 4 is 21.4 Å². The van der Waals surface area contributed by atoms with E-state index in [1.807, 2.05) is 0 Å². The summed E-state index contributed by atoms with van der Waals surface area (Å²) in [5.74, 6) is -0.153. The quantitative estimate of drug-likeness (QED) is 0.847. The fourth-order valence-corrected chi connectivity index (χ4v) is 3.88. The minimum Gasteiger partial charge on any atom is -0.316 e. The topological polar surface area (TPSA) is 46.2 Å². The van der Waals surface area contributed by atoms with Crippen LogP contribution in [-0.2, 0) is 9.84 Å². The Morgan fingerprint density at radius 3 is 2.67 bits per heavy atom. The highest BCUT2D eigenvalue weighted by atomic mass is 35.5. The Morgan fingerprint density at radius 2 is 2.17 bits per heavy atom. The second kappa shape index (κ2) is 5.15. The summed E-state index contributed by atoms with van der Waals surface area (Å²) >= 11 is 5.61. The number of hydrogen-bond acceptors (Lipinski definition) is 3. The highest BCUT2D eigenvalue weighted by molar-refractivity contribution is 7.91. The Balaban J connectivity index is 2.21. The molecule has 0 bridgehead atoms. The summed E-state index contributed by atoms with van der Waals surface area (Å²) in [5.41, 5.74) is 0. The summed E-state index contributed by atoms with van der Waals surface area (Å²) in [4.78, 5) is 0.0785. The number of sulfone groups is 1. The van der Waals surface area contributed by atoms with Gasteiger partial charge in [-0.3, -0.25) is 0 Å². The Kier molecular flexibility index (Phi) is 3.94. The zero-order chi connectivity index (χ0) is 13.3. The Hall–Kier alpha value is -0.650. The molecule has 0 aliphatic heterocycles. The molecule has 0 saturated heterocycles. The van der Waals surface area contributed by atoms with E-state index in [1.165, 1.54) is 12.1 Å². The zero-order valence-electron chi connectivity index (χ0n) is 9.99. The van der Waals surface area contributed by atoms with Gasteiger partial charge in [-0.25, -0.2) is 12.8 Å². The average molecular weight is 292 g/mol. The lowest BCUT2D eigenvalue weighted by Gasteiger charge is -2.15. The second-order valence-electron chi connectivity index (χ2n) is 4.59. The van der Waals surface area contributed by atoms with Crippen molar-refractivity contribution in [2.24, 2.45) is 5.92 Å². The number of benzene rings is 1. The van der Waals surface area contributed by atoms with Gasteiger partial charge in [0.2, 0.25) is 0 Å². The maximum atomic E-state index is 13.0. The standard InChI is InChI=1S/C12H15ClFNO2S/c1-15-12(8-2-3-8)7-18(16,17)9-4-5-11(14)10(13)6-9/h4-6,8,12,15H,2-3,7H2,1H3. The van der Waals surface area contributed by atoms with Crippen molar-refractivity contribution in [3.63, 3.8) is 0 Å². The third-order valence-electron chi connectivity index (χ3n) is 3.21. The van der Waals surface area contributed by atoms with Crippen LogP contribution >= 0.6 is 11.6 Å². The molecule has 6 heteroatoms. The van der Waals surface area contributed by atoms with E-state index in [1.54, 1.807) is 7.05 Å². The van der Waals surface area contributed by atoms with Gasteiger partial charge >= 0.3 is 0 Å². The van der Waals surface area contributed by atoms with E-state index >= 15 is 0 Å². The first-order valence-corrected chi connectivity index (χ1v) is 7.82. The molecule has 0 heterocycles. The molecule has 1 unspecified atom stereocenters. The summed E-state index contributed by atoms with van der Waals surface area (Å²) in [7, 11) is -1.67. The monoisotopic (exact) mass is 291 g/mol. The highest BCUT2D eigenvalue weighted by Crippen LogP contribution is 2.34. The lowest BCUT2D eigenvalue weighted by Crippen LogP contribution is -2.34. The molecule has 1 aromatic carbocycles. The number of hydrogen-bond donors (Lipinski definition) is 1. The molecule has 1 aliphatic rings. The van der Waals surface area contributed by atoms with E-state index in [9.17, 15) is 12.8 Å². The maximum Gasteiger partial charge on any atom is 0.179 e. The fourth-order valence-electron chi connectivity index (χ4n) is 1.96. The molecule has 1 aromatic rings. The van der Waals surface area contributed by atoms with Gasteiger partial charge in [0.05, 0.1) is 15.7 Å². The Bertz CT molecular complexity index is 543. The van der Waals surface area contributed by atoms with Gasteiger partial charge in [0.25, 0.3) is 0 Å². The van der Waals surface area contributed by atoms with E-state index in [4.69, 9.17) is 11.6 Å². The van der Waals surface area contributed by atoms with Gasteiger partial charge in [0.1, 0.15) is 5.82 Å². The molecule has 0 radical (unpaired) electrons. The third-order valence-corrected chi connectivity index (χ3v) is 5.27. The third kappa shape index (κ3) is 3.02. The lowest BCUT2D eigenvalue weighted by molar-refractivity contribution is 0.527. The molecule has 3 nitrogen and oxygen atoms in total. The average Bonchev–Trinajstić information content (AvgIpc) is 3.13. The van der Waals surface area contributed by atoms with Crippen molar-refractivity contribution in [1.29, 1.82) is 0 Å². The molecular weight excluding hydrogens is 277 g/mol. The van der Waals surface area contributed by atoms with Crippen LogP contribution in [0.5, 0.6) is 0 Å². The molecule has 1 N–H and O–H groups in total. The molecule has 1 aliphatic carbocycles. The van der Waals surface area contributed by atoms with E-state index in [-0.39, 0.29) is 21.7 Å². The molecular formula is C12H15ClFNO2S. The largest absolute Gasteiger partial charge is 0.316 e. The summed E-state index contributed by atoms with van der Waals surface area (Å²) in [6.07, 6.45) is 2.12. The van der Waals surface area contributed by atoms with Crippen LogP contribution in [0.2, 0.25) is 5.02 Å². The summed E-state index contributed by atoms with van der Waals surface area (Å²) < 4.78 is 37.4. The highest BCUT2D eigenvalue weighted by Gasteiger charge is 2.33. The molecule has 0 aromatic heterocycles. The first-order valence-electron chi connectivity index (χ1n) is 5.79. The maximum absolute atomic E-state index is 13.0. The number of nitrogens with one attached hydrogen (secondary N) is 1. The predicted molar refractivity (Wildman–Crippen MR) is 69.0 cm³/mol. The number of halogens is 2. The van der Waals surface area contributed by atoms with Crippen LogP contribution in [0.3, 0.4) is 0 Å². The first kappa shape index (κ1) is 13.8. The first-order chi connectivity index (χ1) is 8.44.